The molecule has 0 N–H and O–H groups in total. The predicted molar refractivity (Wildman–Crippen MR) is 70.4 cm³/mol. The Morgan fingerprint density at radius 1 is 1.44 bits per heavy atom. The highest BCUT2D eigenvalue weighted by molar-refractivity contribution is 7.91. The Balaban J connectivity index is 1.89. The molecule has 0 aliphatic carbocycles. The highest BCUT2D eigenvalue weighted by atomic mass is 32.2. The van der Waals surface area contributed by atoms with Crippen molar-refractivity contribution < 1.29 is 8.42 Å². The molecule has 3 rings (SSSR count). The van der Waals surface area contributed by atoms with Crippen LogP contribution in [0.3, 0.4) is 0 Å². The first-order chi connectivity index (χ1) is 8.53. The van der Waals surface area contributed by atoms with E-state index in [-0.39, 0.29) is 5.92 Å². The molecule has 0 saturated carbocycles. The van der Waals surface area contributed by atoms with E-state index in [9.17, 15) is 8.42 Å². The van der Waals surface area contributed by atoms with E-state index in [0.717, 1.165) is 24.2 Å². The first-order valence-electron chi connectivity index (χ1n) is 6.16. The van der Waals surface area contributed by atoms with Gasteiger partial charge >= 0.3 is 0 Å². The Morgan fingerprint density at radius 3 is 3.00 bits per heavy atom. The van der Waals surface area contributed by atoms with E-state index >= 15 is 0 Å². The van der Waals surface area contributed by atoms with E-state index in [4.69, 9.17) is 0 Å². The van der Waals surface area contributed by atoms with Gasteiger partial charge in [-0.25, -0.2) is 13.4 Å². The van der Waals surface area contributed by atoms with Crippen LogP contribution in [0.25, 0.3) is 5.52 Å². The van der Waals surface area contributed by atoms with Crippen molar-refractivity contribution in [3.05, 3.63) is 35.9 Å². The van der Waals surface area contributed by atoms with Crippen molar-refractivity contribution in [3.8, 4) is 0 Å². The molecular formula is C13H16N2O2S. The molecule has 0 radical (unpaired) electrons. The Morgan fingerprint density at radius 2 is 2.28 bits per heavy atom. The maximum Gasteiger partial charge on any atom is 0.150 e. The summed E-state index contributed by atoms with van der Waals surface area (Å²) in [5.41, 5.74) is 2.25. The van der Waals surface area contributed by atoms with E-state index in [1.807, 2.05) is 19.2 Å². The fourth-order valence-corrected chi connectivity index (χ4v) is 4.45. The predicted octanol–water partition coefficient (Wildman–Crippen LogP) is 1.62. The second kappa shape index (κ2) is 4.09. The van der Waals surface area contributed by atoms with E-state index < -0.39 is 9.84 Å². The standard InChI is InChI=1S/C13H16N2O2S/c1-10-2-3-12-7-14-13(15(12)8-10)6-11-4-5-18(16,17)9-11/h2-3,7-8,11H,4-6,9H2,1H3. The molecule has 1 saturated heterocycles. The third-order valence-corrected chi connectivity index (χ3v) is 5.39. The molecule has 0 bridgehead atoms. The smallest absolute Gasteiger partial charge is 0.150 e. The van der Waals surface area contributed by atoms with Gasteiger partial charge in [0.1, 0.15) is 5.82 Å². The van der Waals surface area contributed by atoms with Crippen LogP contribution in [0.4, 0.5) is 0 Å². The van der Waals surface area contributed by atoms with E-state index in [2.05, 4.69) is 21.6 Å². The fraction of sp³-hybridized carbons (Fsp3) is 0.462. The monoisotopic (exact) mass is 264 g/mol. The summed E-state index contributed by atoms with van der Waals surface area (Å²) in [6, 6.07) is 4.10. The lowest BCUT2D eigenvalue weighted by molar-refractivity contribution is 0.568. The maximum absolute atomic E-state index is 11.5. The minimum absolute atomic E-state index is 0.223. The third-order valence-electron chi connectivity index (χ3n) is 3.55. The van der Waals surface area contributed by atoms with Gasteiger partial charge in [-0.3, -0.25) is 0 Å². The third kappa shape index (κ3) is 2.14. The molecule has 1 aliphatic rings. The zero-order valence-corrected chi connectivity index (χ0v) is 11.2. The molecule has 4 nitrogen and oxygen atoms in total. The molecule has 2 aromatic heterocycles. The van der Waals surface area contributed by atoms with Crippen LogP contribution in [0.15, 0.2) is 24.5 Å². The van der Waals surface area contributed by atoms with Crippen molar-refractivity contribution >= 4 is 15.4 Å². The van der Waals surface area contributed by atoms with Crippen LogP contribution in [-0.4, -0.2) is 29.3 Å². The van der Waals surface area contributed by atoms with Gasteiger partial charge in [0, 0.05) is 12.6 Å². The van der Waals surface area contributed by atoms with Crippen molar-refractivity contribution in [2.75, 3.05) is 11.5 Å². The maximum atomic E-state index is 11.5. The van der Waals surface area contributed by atoms with Crippen molar-refractivity contribution in [2.45, 2.75) is 19.8 Å². The van der Waals surface area contributed by atoms with Gasteiger partial charge in [-0.2, -0.15) is 0 Å². The number of sulfone groups is 1. The van der Waals surface area contributed by atoms with E-state index in [1.54, 1.807) is 0 Å². The second-order valence-electron chi connectivity index (χ2n) is 5.15. The molecule has 0 amide bonds. The highest BCUT2D eigenvalue weighted by Gasteiger charge is 2.28. The summed E-state index contributed by atoms with van der Waals surface area (Å²) in [4.78, 5) is 4.42. The average molecular weight is 264 g/mol. The number of aromatic nitrogens is 2. The lowest BCUT2D eigenvalue weighted by Crippen LogP contribution is -2.09. The largest absolute Gasteiger partial charge is 0.303 e. The summed E-state index contributed by atoms with van der Waals surface area (Å²) in [5.74, 6) is 1.84. The van der Waals surface area contributed by atoms with Gasteiger partial charge in [-0.15, -0.1) is 0 Å². The molecule has 5 heteroatoms. The average Bonchev–Trinajstić information content (AvgIpc) is 2.84. The Hall–Kier alpha value is -1.36. The number of fused-ring (bicyclic) bond motifs is 1. The number of hydrogen-bond acceptors (Lipinski definition) is 3. The topological polar surface area (TPSA) is 51.4 Å². The number of aryl methyl sites for hydroxylation is 1. The van der Waals surface area contributed by atoms with Crippen LogP contribution >= 0.6 is 0 Å². The Labute approximate surface area is 107 Å². The van der Waals surface area contributed by atoms with E-state index in [0.29, 0.717) is 11.5 Å². The molecule has 0 aromatic carbocycles. The highest BCUT2D eigenvalue weighted by Crippen LogP contribution is 2.22. The fourth-order valence-electron chi connectivity index (χ4n) is 2.59. The summed E-state index contributed by atoms with van der Waals surface area (Å²) >= 11 is 0. The van der Waals surface area contributed by atoms with Gasteiger partial charge in [0.2, 0.25) is 0 Å². The van der Waals surface area contributed by atoms with Gasteiger partial charge in [-0.1, -0.05) is 6.07 Å². The van der Waals surface area contributed by atoms with Crippen molar-refractivity contribution in [1.29, 1.82) is 0 Å². The van der Waals surface area contributed by atoms with Crippen LogP contribution in [0, 0.1) is 12.8 Å². The minimum Gasteiger partial charge on any atom is -0.303 e. The molecule has 1 unspecified atom stereocenters. The summed E-state index contributed by atoms with van der Waals surface area (Å²) in [6.45, 7) is 2.04. The van der Waals surface area contributed by atoms with Crippen molar-refractivity contribution in [1.82, 2.24) is 9.38 Å². The minimum atomic E-state index is -2.80. The lowest BCUT2D eigenvalue weighted by atomic mass is 10.1. The van der Waals surface area contributed by atoms with Crippen LogP contribution in [0.5, 0.6) is 0 Å². The molecule has 2 aromatic rings. The van der Waals surface area contributed by atoms with Crippen LogP contribution in [0.1, 0.15) is 17.8 Å². The molecule has 1 fully saturated rings. The van der Waals surface area contributed by atoms with Crippen LogP contribution in [0.2, 0.25) is 0 Å². The Bertz CT molecular complexity index is 688. The summed E-state index contributed by atoms with van der Waals surface area (Å²) in [7, 11) is -2.80. The SMILES string of the molecule is Cc1ccc2cnc(CC3CCS(=O)(=O)C3)n2c1. The molecule has 1 atom stereocenters. The molecule has 3 heterocycles. The number of hydrogen-bond donors (Lipinski definition) is 0. The van der Waals surface area contributed by atoms with Gasteiger partial charge in [0.05, 0.1) is 23.2 Å². The number of imidazole rings is 1. The van der Waals surface area contributed by atoms with E-state index in [1.165, 1.54) is 5.56 Å². The summed E-state index contributed by atoms with van der Waals surface area (Å²) < 4.78 is 25.0. The number of rotatable bonds is 2. The number of nitrogens with zero attached hydrogens (tertiary/aromatic N) is 2. The summed E-state index contributed by atoms with van der Waals surface area (Å²) in [5, 5.41) is 0. The molecule has 18 heavy (non-hydrogen) atoms. The summed E-state index contributed by atoms with van der Waals surface area (Å²) in [6.07, 6.45) is 5.42. The Kier molecular flexibility index (Phi) is 2.66. The number of pyridine rings is 1. The molecule has 0 spiro atoms. The zero-order chi connectivity index (χ0) is 12.8. The second-order valence-corrected chi connectivity index (χ2v) is 7.38. The quantitative estimate of drug-likeness (QED) is 0.828. The lowest BCUT2D eigenvalue weighted by Gasteiger charge is -2.07. The normalized spacial score (nSPS) is 22.6. The van der Waals surface area contributed by atoms with Gasteiger partial charge in [0.25, 0.3) is 0 Å². The van der Waals surface area contributed by atoms with Crippen LogP contribution < -0.4 is 0 Å². The molecular weight excluding hydrogens is 248 g/mol. The van der Waals surface area contributed by atoms with Gasteiger partial charge < -0.3 is 4.40 Å². The first kappa shape index (κ1) is 11.7. The molecule has 1 aliphatic heterocycles. The van der Waals surface area contributed by atoms with Crippen molar-refractivity contribution in [2.24, 2.45) is 5.92 Å². The van der Waals surface area contributed by atoms with Crippen molar-refractivity contribution in [3.63, 3.8) is 0 Å². The zero-order valence-electron chi connectivity index (χ0n) is 10.3. The van der Waals surface area contributed by atoms with Crippen LogP contribution in [-0.2, 0) is 16.3 Å². The van der Waals surface area contributed by atoms with Gasteiger partial charge in [0.15, 0.2) is 9.84 Å². The first-order valence-corrected chi connectivity index (χ1v) is 7.99. The molecule has 96 valence electrons. The van der Waals surface area contributed by atoms with Gasteiger partial charge in [-0.05, 0) is 30.9 Å².